The van der Waals surface area contributed by atoms with E-state index in [0.29, 0.717) is 17.8 Å². The molecule has 0 unspecified atom stereocenters. The minimum absolute atomic E-state index is 0.372. The van der Waals surface area contributed by atoms with Crippen molar-refractivity contribution < 1.29 is 9.53 Å². The van der Waals surface area contributed by atoms with E-state index in [1.54, 1.807) is 24.7 Å². The maximum atomic E-state index is 11.6. The highest BCUT2D eigenvalue weighted by molar-refractivity contribution is 14.1. The normalized spacial score (nSPS) is 10.4. The smallest absolute Gasteiger partial charge is 0.339 e. The van der Waals surface area contributed by atoms with Crippen molar-refractivity contribution >= 4 is 51.2 Å². The molecule has 0 aromatic carbocycles. The van der Waals surface area contributed by atoms with Gasteiger partial charge >= 0.3 is 5.97 Å². The van der Waals surface area contributed by atoms with Gasteiger partial charge in [0.15, 0.2) is 0 Å². The molecule has 0 atom stereocenters. The molecule has 0 amide bonds. The Morgan fingerprint density at radius 3 is 2.83 bits per heavy atom. The first-order valence-electron chi connectivity index (χ1n) is 5.02. The Morgan fingerprint density at radius 2 is 2.22 bits per heavy atom. The number of aromatic nitrogens is 3. The van der Waals surface area contributed by atoms with Gasteiger partial charge in [-0.25, -0.2) is 9.78 Å². The average molecular weight is 469 g/mol. The number of halogens is 2. The van der Waals surface area contributed by atoms with E-state index in [1.807, 2.05) is 4.57 Å². The van der Waals surface area contributed by atoms with Crippen molar-refractivity contribution in [3.05, 3.63) is 43.3 Å². The predicted molar refractivity (Wildman–Crippen MR) is 82.3 cm³/mol. The molecule has 0 radical (unpaired) electrons. The number of carbonyl (C=O) groups is 1. The van der Waals surface area contributed by atoms with Gasteiger partial charge in [0.1, 0.15) is 7.40 Å². The third-order valence-corrected chi connectivity index (χ3v) is 5.30. The quantitative estimate of drug-likeness (QED) is 0.512. The first-order valence-corrected chi connectivity index (χ1v) is 7.17. The van der Waals surface area contributed by atoms with Crippen molar-refractivity contribution in [1.82, 2.24) is 14.5 Å². The van der Waals surface area contributed by atoms with E-state index in [-0.39, 0.29) is 5.97 Å². The van der Waals surface area contributed by atoms with Gasteiger partial charge in [0.2, 0.25) is 0 Å². The van der Waals surface area contributed by atoms with Gasteiger partial charge < -0.3 is 9.30 Å². The molecule has 2 aromatic heterocycles. The van der Waals surface area contributed by atoms with Crippen LogP contribution in [0.25, 0.3) is 0 Å². The van der Waals surface area contributed by atoms with Crippen LogP contribution in [-0.2, 0) is 11.3 Å². The Kier molecular flexibility index (Phi) is 4.54. The van der Waals surface area contributed by atoms with Crippen LogP contribution in [0.3, 0.4) is 0 Å². The summed E-state index contributed by atoms with van der Waals surface area (Å²) in [6.45, 7) is 0.500. The number of esters is 1. The maximum absolute atomic E-state index is 11.6. The first kappa shape index (κ1) is 13.7. The number of nitrogens with zero attached hydrogens (tertiary/aromatic N) is 3. The number of hydrogen-bond donors (Lipinski definition) is 0. The van der Waals surface area contributed by atoms with Crippen LogP contribution >= 0.6 is 45.2 Å². The largest absolute Gasteiger partial charge is 0.465 e. The monoisotopic (exact) mass is 469 g/mol. The highest BCUT2D eigenvalue weighted by Crippen LogP contribution is 2.16. The van der Waals surface area contributed by atoms with Crippen LogP contribution in [0, 0.1) is 7.40 Å². The van der Waals surface area contributed by atoms with E-state index in [4.69, 9.17) is 4.74 Å². The highest BCUT2D eigenvalue weighted by Gasteiger charge is 2.14. The minimum atomic E-state index is -0.372. The zero-order valence-electron chi connectivity index (χ0n) is 9.43. The van der Waals surface area contributed by atoms with Crippen molar-refractivity contribution in [3.8, 4) is 0 Å². The van der Waals surface area contributed by atoms with E-state index < -0.39 is 0 Å². The zero-order chi connectivity index (χ0) is 13.1. The summed E-state index contributed by atoms with van der Waals surface area (Å²) in [6, 6.07) is 3.43. The number of hydrogen-bond acceptors (Lipinski definition) is 4. The first-order chi connectivity index (χ1) is 8.63. The van der Waals surface area contributed by atoms with Crippen LogP contribution in [0.5, 0.6) is 0 Å². The lowest BCUT2D eigenvalue weighted by Crippen LogP contribution is -2.11. The second-order valence-electron chi connectivity index (χ2n) is 3.44. The van der Waals surface area contributed by atoms with Crippen LogP contribution in [0.4, 0.5) is 0 Å². The lowest BCUT2D eigenvalue weighted by molar-refractivity contribution is 0.0598. The molecule has 2 rings (SSSR count). The van der Waals surface area contributed by atoms with Crippen LogP contribution in [0.15, 0.2) is 24.7 Å². The van der Waals surface area contributed by atoms with Gasteiger partial charge in [0.05, 0.1) is 31.2 Å². The summed E-state index contributed by atoms with van der Waals surface area (Å²) in [5.41, 5.74) is 1.16. The Balaban J connectivity index is 2.35. The lowest BCUT2D eigenvalue weighted by Gasteiger charge is -2.08. The molecular weight excluding hydrogens is 460 g/mol. The fourth-order valence-corrected chi connectivity index (χ4v) is 2.34. The Labute approximate surface area is 131 Å². The van der Waals surface area contributed by atoms with Crippen LogP contribution in [-0.4, -0.2) is 27.6 Å². The molecule has 0 saturated heterocycles. The maximum Gasteiger partial charge on any atom is 0.339 e. The summed E-state index contributed by atoms with van der Waals surface area (Å²) in [5.74, 6) is -0.372. The molecule has 7 heteroatoms. The van der Waals surface area contributed by atoms with Crippen molar-refractivity contribution in [3.63, 3.8) is 0 Å². The standard InChI is InChI=1S/C11H9I2N3O2/c1-18-11(17)7-3-2-4-14-8(7)5-16-6-15-9(12)10(16)13/h2-4,6H,5H2,1H3. The van der Waals surface area contributed by atoms with Gasteiger partial charge in [0.25, 0.3) is 0 Å². The Morgan fingerprint density at radius 1 is 1.44 bits per heavy atom. The summed E-state index contributed by atoms with van der Waals surface area (Å²) in [4.78, 5) is 20.1. The molecule has 0 fully saturated rings. The van der Waals surface area contributed by atoms with Gasteiger partial charge in [-0.05, 0) is 57.3 Å². The van der Waals surface area contributed by atoms with E-state index in [9.17, 15) is 4.79 Å². The Bertz CT molecular complexity index is 583. The number of imidazole rings is 1. The van der Waals surface area contributed by atoms with E-state index in [1.165, 1.54) is 7.11 Å². The molecule has 5 nitrogen and oxygen atoms in total. The molecule has 0 bridgehead atoms. The van der Waals surface area contributed by atoms with Crippen LogP contribution < -0.4 is 0 Å². The summed E-state index contributed by atoms with van der Waals surface area (Å²) in [7, 11) is 1.36. The number of carbonyl (C=O) groups excluding carboxylic acids is 1. The number of pyridine rings is 1. The molecule has 0 N–H and O–H groups in total. The van der Waals surface area contributed by atoms with Crippen LogP contribution in [0.2, 0.25) is 0 Å². The molecule has 0 saturated carbocycles. The second kappa shape index (κ2) is 5.95. The summed E-state index contributed by atoms with van der Waals surface area (Å²) in [6.07, 6.45) is 3.40. The summed E-state index contributed by atoms with van der Waals surface area (Å²) in [5, 5.41) is 0. The van der Waals surface area contributed by atoms with Gasteiger partial charge in [-0.1, -0.05) is 0 Å². The molecule has 0 aliphatic carbocycles. The molecule has 18 heavy (non-hydrogen) atoms. The second-order valence-corrected chi connectivity index (χ2v) is 5.49. The minimum Gasteiger partial charge on any atom is -0.465 e. The van der Waals surface area contributed by atoms with E-state index >= 15 is 0 Å². The number of methoxy groups -OCH3 is 1. The van der Waals surface area contributed by atoms with Crippen molar-refractivity contribution in [2.75, 3.05) is 7.11 Å². The molecule has 0 spiro atoms. The Hall–Kier alpha value is -0.710. The SMILES string of the molecule is COC(=O)c1cccnc1Cn1cnc(I)c1I. The molecule has 94 valence electrons. The third-order valence-electron chi connectivity index (χ3n) is 2.35. The third kappa shape index (κ3) is 2.82. The van der Waals surface area contributed by atoms with Crippen molar-refractivity contribution in [2.45, 2.75) is 6.54 Å². The van der Waals surface area contributed by atoms with Gasteiger partial charge in [-0.15, -0.1) is 0 Å². The number of ether oxygens (including phenoxy) is 1. The van der Waals surface area contributed by atoms with Crippen LogP contribution in [0.1, 0.15) is 16.1 Å². The van der Waals surface area contributed by atoms with Gasteiger partial charge in [-0.2, -0.15) is 0 Å². The summed E-state index contributed by atoms with van der Waals surface area (Å²) < 4.78 is 8.64. The molecule has 0 aliphatic rings. The highest BCUT2D eigenvalue weighted by atomic mass is 127. The zero-order valence-corrected chi connectivity index (χ0v) is 13.7. The molecule has 2 aromatic rings. The van der Waals surface area contributed by atoms with E-state index in [2.05, 4.69) is 55.1 Å². The summed E-state index contributed by atoms with van der Waals surface area (Å²) >= 11 is 4.38. The molecule has 0 aliphatic heterocycles. The average Bonchev–Trinajstić information content (AvgIpc) is 2.70. The van der Waals surface area contributed by atoms with Crippen molar-refractivity contribution in [1.29, 1.82) is 0 Å². The lowest BCUT2D eigenvalue weighted by atomic mass is 10.2. The topological polar surface area (TPSA) is 57.0 Å². The molecular formula is C11H9I2N3O2. The molecule has 2 heterocycles. The predicted octanol–water partition coefficient (Wildman–Crippen LogP) is 2.32. The fraction of sp³-hybridized carbons (Fsp3) is 0.182. The number of rotatable bonds is 3. The van der Waals surface area contributed by atoms with Gasteiger partial charge in [0, 0.05) is 6.20 Å². The fourth-order valence-electron chi connectivity index (χ4n) is 1.47. The van der Waals surface area contributed by atoms with Crippen molar-refractivity contribution in [2.24, 2.45) is 0 Å². The van der Waals surface area contributed by atoms with E-state index in [0.717, 1.165) is 7.40 Å². The van der Waals surface area contributed by atoms with Gasteiger partial charge in [-0.3, -0.25) is 4.98 Å².